The molecule has 1 heteroatoms. The molecule has 0 aliphatic heterocycles. The van der Waals surface area contributed by atoms with Gasteiger partial charge < -0.3 is 0 Å². The number of thiophene rings is 1. The Balaban J connectivity index is 0.00000106. The minimum absolute atomic E-state index is 0.641. The molecule has 0 spiro atoms. The third-order valence-corrected chi connectivity index (χ3v) is 4.43. The second-order valence-electron chi connectivity index (χ2n) is 4.80. The van der Waals surface area contributed by atoms with Crippen LogP contribution in [0.1, 0.15) is 39.0 Å². The van der Waals surface area contributed by atoms with Gasteiger partial charge in [0.15, 0.2) is 0 Å². The van der Waals surface area contributed by atoms with E-state index in [0.29, 0.717) is 5.92 Å². The average Bonchev–Trinajstić information content (AvgIpc) is 2.97. The van der Waals surface area contributed by atoms with Crippen molar-refractivity contribution in [2.45, 2.75) is 34.1 Å². The summed E-state index contributed by atoms with van der Waals surface area (Å²) in [5.41, 5.74) is 1.08. The molecule has 0 amide bonds. The SMILES string of the molecule is C=C(/C=C\C=C/C(C)CC)c1cc2ccccc2s1.CC. The Bertz CT molecular complexity index is 581. The third-order valence-electron chi connectivity index (χ3n) is 3.23. The maximum absolute atomic E-state index is 4.15. The molecule has 0 N–H and O–H groups in total. The number of fused-ring (bicyclic) bond motifs is 1. The summed E-state index contributed by atoms with van der Waals surface area (Å²) in [6, 6.07) is 10.7. The quantitative estimate of drug-likeness (QED) is 0.516. The van der Waals surface area contributed by atoms with Gasteiger partial charge in [0.05, 0.1) is 0 Å². The molecule has 0 bridgehead atoms. The van der Waals surface area contributed by atoms with Crippen molar-refractivity contribution in [3.63, 3.8) is 0 Å². The van der Waals surface area contributed by atoms with E-state index < -0.39 is 0 Å². The van der Waals surface area contributed by atoms with Crippen LogP contribution in [0.15, 0.2) is 61.2 Å². The Kier molecular flexibility index (Phi) is 7.78. The van der Waals surface area contributed by atoms with E-state index >= 15 is 0 Å². The first kappa shape index (κ1) is 17.5. The highest BCUT2D eigenvalue weighted by atomic mass is 32.1. The monoisotopic (exact) mass is 298 g/mol. The standard InChI is InChI=1S/C18H20S.C2H6/c1-4-14(2)9-5-6-10-15(3)18-13-16-11-7-8-12-17(16)19-18;1-2/h5-14H,3-4H2,1-2H3;1-2H3/b9-5-,10-6-;. The van der Waals surface area contributed by atoms with Gasteiger partial charge in [-0.2, -0.15) is 0 Å². The van der Waals surface area contributed by atoms with Gasteiger partial charge in [0, 0.05) is 9.58 Å². The highest BCUT2D eigenvalue weighted by molar-refractivity contribution is 7.20. The fourth-order valence-corrected chi connectivity index (χ4v) is 2.80. The molecule has 1 unspecified atom stereocenters. The molecule has 0 saturated carbocycles. The van der Waals surface area contributed by atoms with Crippen molar-refractivity contribution in [1.82, 2.24) is 0 Å². The molecule has 1 heterocycles. The molecule has 0 radical (unpaired) electrons. The van der Waals surface area contributed by atoms with E-state index in [1.54, 1.807) is 11.3 Å². The molecule has 2 aromatic rings. The molecule has 21 heavy (non-hydrogen) atoms. The number of hydrogen-bond acceptors (Lipinski definition) is 1. The predicted octanol–water partition coefficient (Wildman–Crippen LogP) is 7.10. The van der Waals surface area contributed by atoms with Crippen LogP contribution in [0.5, 0.6) is 0 Å². The maximum Gasteiger partial charge on any atom is 0.0349 e. The summed E-state index contributed by atoms with van der Waals surface area (Å²) in [6.07, 6.45) is 9.70. The van der Waals surface area contributed by atoms with Crippen molar-refractivity contribution < 1.29 is 0 Å². The zero-order valence-electron chi connectivity index (χ0n) is 13.6. The van der Waals surface area contributed by atoms with Gasteiger partial charge in [-0.1, -0.05) is 83.2 Å². The second-order valence-corrected chi connectivity index (χ2v) is 5.89. The molecule has 1 atom stereocenters. The van der Waals surface area contributed by atoms with Crippen molar-refractivity contribution in [3.8, 4) is 0 Å². The van der Waals surface area contributed by atoms with Crippen molar-refractivity contribution in [1.29, 1.82) is 0 Å². The summed E-state index contributed by atoms with van der Waals surface area (Å²) in [7, 11) is 0. The summed E-state index contributed by atoms with van der Waals surface area (Å²) in [5.74, 6) is 0.641. The topological polar surface area (TPSA) is 0 Å². The minimum atomic E-state index is 0.641. The fraction of sp³-hybridized carbons (Fsp3) is 0.300. The van der Waals surface area contributed by atoms with Crippen molar-refractivity contribution in [3.05, 3.63) is 66.1 Å². The molecule has 2 rings (SSSR count). The van der Waals surface area contributed by atoms with Crippen molar-refractivity contribution >= 4 is 27.0 Å². The second kappa shape index (κ2) is 9.36. The van der Waals surface area contributed by atoms with E-state index in [-0.39, 0.29) is 0 Å². The Labute approximate surface area is 133 Å². The lowest BCUT2D eigenvalue weighted by atomic mass is 10.1. The molecule has 0 nitrogen and oxygen atoms in total. The molecule has 0 aliphatic carbocycles. The normalized spacial score (nSPS) is 12.6. The molecule has 1 aromatic carbocycles. The van der Waals surface area contributed by atoms with Crippen molar-refractivity contribution in [2.75, 3.05) is 0 Å². The number of benzene rings is 1. The summed E-state index contributed by atoms with van der Waals surface area (Å²) in [4.78, 5) is 1.24. The Hall–Kier alpha value is -1.60. The summed E-state index contributed by atoms with van der Waals surface area (Å²) in [5, 5.41) is 1.30. The van der Waals surface area contributed by atoms with Crippen molar-refractivity contribution in [2.24, 2.45) is 5.92 Å². The van der Waals surface area contributed by atoms with Crippen LogP contribution in [0, 0.1) is 5.92 Å². The summed E-state index contributed by atoms with van der Waals surface area (Å²) < 4.78 is 1.32. The molecule has 1 aromatic heterocycles. The minimum Gasteiger partial charge on any atom is -0.135 e. The third kappa shape index (κ3) is 5.35. The fourth-order valence-electron chi connectivity index (χ4n) is 1.78. The molecule has 0 aliphatic rings. The van der Waals surface area contributed by atoms with Crippen LogP contribution >= 0.6 is 11.3 Å². The number of allylic oxidation sites excluding steroid dienone is 5. The lowest BCUT2D eigenvalue weighted by molar-refractivity contribution is 0.698. The van der Waals surface area contributed by atoms with Gasteiger partial charge >= 0.3 is 0 Å². The molecule has 112 valence electrons. The first-order valence-electron chi connectivity index (χ1n) is 7.73. The van der Waals surface area contributed by atoms with E-state index in [2.05, 4.69) is 75.1 Å². The van der Waals surface area contributed by atoms with Gasteiger partial charge in [-0.3, -0.25) is 0 Å². The van der Waals surface area contributed by atoms with Gasteiger partial charge in [0.2, 0.25) is 0 Å². The highest BCUT2D eigenvalue weighted by Gasteiger charge is 2.01. The highest BCUT2D eigenvalue weighted by Crippen LogP contribution is 2.30. The van der Waals surface area contributed by atoms with Crippen LogP contribution < -0.4 is 0 Å². The smallest absolute Gasteiger partial charge is 0.0349 e. The zero-order chi connectivity index (χ0) is 15.7. The van der Waals surface area contributed by atoms with E-state index in [1.807, 2.05) is 13.8 Å². The average molecular weight is 298 g/mol. The Morgan fingerprint density at radius 3 is 2.62 bits per heavy atom. The first-order valence-corrected chi connectivity index (χ1v) is 8.55. The lowest BCUT2D eigenvalue weighted by Crippen LogP contribution is -1.82. The van der Waals surface area contributed by atoms with Gasteiger partial charge in [-0.25, -0.2) is 0 Å². The van der Waals surface area contributed by atoms with E-state index in [0.717, 1.165) is 5.57 Å². The summed E-state index contributed by atoms with van der Waals surface area (Å²) in [6.45, 7) is 12.6. The van der Waals surface area contributed by atoms with E-state index in [1.165, 1.54) is 21.4 Å². The molecule has 0 saturated heterocycles. The molecular weight excluding hydrogens is 272 g/mol. The molecular formula is C20H26S. The van der Waals surface area contributed by atoms with Gasteiger partial charge in [0.1, 0.15) is 0 Å². The largest absolute Gasteiger partial charge is 0.135 e. The van der Waals surface area contributed by atoms with E-state index in [9.17, 15) is 0 Å². The van der Waals surface area contributed by atoms with Gasteiger partial charge in [-0.15, -0.1) is 11.3 Å². The van der Waals surface area contributed by atoms with E-state index in [4.69, 9.17) is 0 Å². The van der Waals surface area contributed by atoms with Crippen LogP contribution in [0.25, 0.3) is 15.7 Å². The number of hydrogen-bond donors (Lipinski definition) is 0. The number of rotatable bonds is 5. The predicted molar refractivity (Wildman–Crippen MR) is 99.9 cm³/mol. The Morgan fingerprint density at radius 1 is 1.24 bits per heavy atom. The van der Waals surface area contributed by atoms with Crippen LogP contribution in [0.4, 0.5) is 0 Å². The zero-order valence-corrected chi connectivity index (χ0v) is 14.4. The van der Waals surface area contributed by atoms with Gasteiger partial charge in [0.25, 0.3) is 0 Å². The van der Waals surface area contributed by atoms with Crippen LogP contribution in [0.3, 0.4) is 0 Å². The van der Waals surface area contributed by atoms with Crippen LogP contribution in [-0.4, -0.2) is 0 Å². The Morgan fingerprint density at radius 2 is 1.95 bits per heavy atom. The first-order chi connectivity index (χ1) is 10.2. The van der Waals surface area contributed by atoms with Crippen LogP contribution in [0.2, 0.25) is 0 Å². The lowest BCUT2D eigenvalue weighted by Gasteiger charge is -1.97. The maximum atomic E-state index is 4.15. The molecule has 0 fully saturated rings. The van der Waals surface area contributed by atoms with Crippen LogP contribution in [-0.2, 0) is 0 Å². The van der Waals surface area contributed by atoms with Gasteiger partial charge in [-0.05, 0) is 29.0 Å². The summed E-state index contributed by atoms with van der Waals surface area (Å²) >= 11 is 1.80.